The van der Waals surface area contributed by atoms with Crippen LogP contribution in [0.15, 0.2) is 12.2 Å². The zero-order chi connectivity index (χ0) is 12.2. The lowest BCUT2D eigenvalue weighted by Gasteiger charge is -2.15. The van der Waals surface area contributed by atoms with Crippen molar-refractivity contribution in [1.82, 2.24) is 0 Å². The zero-order valence-electron chi connectivity index (χ0n) is 10.7. The second kappa shape index (κ2) is 10.7. The van der Waals surface area contributed by atoms with Crippen molar-refractivity contribution in [3.8, 4) is 0 Å². The summed E-state index contributed by atoms with van der Waals surface area (Å²) in [5.74, 6) is -1.19. The summed E-state index contributed by atoms with van der Waals surface area (Å²) >= 11 is 0. The number of aliphatic carboxylic acids is 1. The Bertz CT molecular complexity index is 197. The lowest BCUT2D eigenvalue weighted by atomic mass is 9.97. The lowest BCUT2D eigenvalue weighted by molar-refractivity contribution is -0.311. The van der Waals surface area contributed by atoms with Gasteiger partial charge in [0.2, 0.25) is 0 Å². The van der Waals surface area contributed by atoms with E-state index >= 15 is 0 Å². The van der Waals surface area contributed by atoms with Gasteiger partial charge >= 0.3 is 0 Å². The van der Waals surface area contributed by atoms with Gasteiger partial charge in [0.25, 0.3) is 0 Å². The van der Waals surface area contributed by atoms with Gasteiger partial charge in [-0.25, -0.2) is 0 Å². The molecule has 0 bridgehead atoms. The van der Waals surface area contributed by atoms with E-state index in [1.165, 1.54) is 25.7 Å². The molecule has 0 saturated carbocycles. The van der Waals surface area contributed by atoms with Crippen LogP contribution >= 0.6 is 0 Å². The minimum Gasteiger partial charge on any atom is -0.550 e. The Kier molecular flexibility index (Phi) is 10.2. The molecule has 0 aliphatic rings. The molecular formula is C14H25O2-. The van der Waals surface area contributed by atoms with Crippen LogP contribution < -0.4 is 5.11 Å². The molecule has 0 heterocycles. The summed E-state index contributed by atoms with van der Waals surface area (Å²) in [5, 5.41) is 10.8. The Morgan fingerprint density at radius 2 is 1.81 bits per heavy atom. The van der Waals surface area contributed by atoms with Gasteiger partial charge < -0.3 is 9.90 Å². The molecule has 1 unspecified atom stereocenters. The fraction of sp³-hybridized carbons (Fsp3) is 0.786. The first-order chi connectivity index (χ1) is 7.72. The van der Waals surface area contributed by atoms with Gasteiger partial charge in [0.1, 0.15) is 0 Å². The number of hydrogen-bond donors (Lipinski definition) is 0. The van der Waals surface area contributed by atoms with Crippen molar-refractivity contribution in [2.75, 3.05) is 0 Å². The summed E-state index contributed by atoms with van der Waals surface area (Å²) in [6, 6.07) is 0. The van der Waals surface area contributed by atoms with E-state index in [1.807, 2.05) is 19.1 Å². The molecule has 0 radical (unpaired) electrons. The zero-order valence-corrected chi connectivity index (χ0v) is 10.7. The molecule has 0 fully saturated rings. The lowest BCUT2D eigenvalue weighted by Crippen LogP contribution is -2.31. The van der Waals surface area contributed by atoms with E-state index < -0.39 is 5.97 Å². The minimum absolute atomic E-state index is 0.289. The van der Waals surface area contributed by atoms with Crippen molar-refractivity contribution in [2.45, 2.75) is 65.2 Å². The Morgan fingerprint density at radius 1 is 1.19 bits per heavy atom. The monoisotopic (exact) mass is 225 g/mol. The molecule has 0 N–H and O–H groups in total. The van der Waals surface area contributed by atoms with Gasteiger partial charge in [-0.2, -0.15) is 0 Å². The molecule has 0 amide bonds. The van der Waals surface area contributed by atoms with Crippen molar-refractivity contribution in [1.29, 1.82) is 0 Å². The molecule has 0 spiro atoms. The Hall–Kier alpha value is -0.790. The molecule has 94 valence electrons. The number of hydrogen-bond acceptors (Lipinski definition) is 2. The van der Waals surface area contributed by atoms with Crippen LogP contribution in [0.4, 0.5) is 0 Å². The third-order valence-electron chi connectivity index (χ3n) is 2.90. The van der Waals surface area contributed by atoms with E-state index in [-0.39, 0.29) is 5.92 Å². The van der Waals surface area contributed by atoms with Crippen LogP contribution in [0, 0.1) is 5.92 Å². The minimum atomic E-state index is -0.897. The van der Waals surface area contributed by atoms with Crippen LogP contribution in [-0.4, -0.2) is 5.97 Å². The van der Waals surface area contributed by atoms with E-state index in [2.05, 4.69) is 6.92 Å². The Morgan fingerprint density at radius 3 is 2.38 bits per heavy atom. The molecule has 0 aromatic heterocycles. The summed E-state index contributed by atoms with van der Waals surface area (Å²) in [5.41, 5.74) is 0. The summed E-state index contributed by atoms with van der Waals surface area (Å²) in [7, 11) is 0. The topological polar surface area (TPSA) is 40.1 Å². The molecule has 0 aliphatic carbocycles. The van der Waals surface area contributed by atoms with E-state index in [0.717, 1.165) is 19.3 Å². The molecule has 0 saturated heterocycles. The van der Waals surface area contributed by atoms with E-state index in [4.69, 9.17) is 0 Å². The molecule has 16 heavy (non-hydrogen) atoms. The van der Waals surface area contributed by atoms with E-state index in [0.29, 0.717) is 6.42 Å². The quantitative estimate of drug-likeness (QED) is 0.423. The second-order valence-electron chi connectivity index (χ2n) is 4.38. The van der Waals surface area contributed by atoms with Crippen LogP contribution in [0.1, 0.15) is 65.2 Å². The maximum absolute atomic E-state index is 10.8. The molecule has 0 aromatic carbocycles. The van der Waals surface area contributed by atoms with E-state index in [9.17, 15) is 9.90 Å². The van der Waals surface area contributed by atoms with Crippen molar-refractivity contribution in [3.63, 3.8) is 0 Å². The average Bonchev–Trinajstić information content (AvgIpc) is 2.26. The molecule has 2 nitrogen and oxygen atoms in total. The fourth-order valence-corrected chi connectivity index (χ4v) is 1.80. The molecule has 1 atom stereocenters. The number of carboxylic acid groups (broad SMARTS) is 1. The van der Waals surface area contributed by atoms with Gasteiger partial charge in [0.05, 0.1) is 0 Å². The number of unbranched alkanes of at least 4 members (excludes halogenated alkanes) is 5. The summed E-state index contributed by atoms with van der Waals surface area (Å²) in [6.45, 7) is 4.11. The van der Waals surface area contributed by atoms with Crippen molar-refractivity contribution < 1.29 is 9.90 Å². The first kappa shape index (κ1) is 15.2. The van der Waals surface area contributed by atoms with Crippen LogP contribution in [0.25, 0.3) is 0 Å². The highest BCUT2D eigenvalue weighted by Crippen LogP contribution is 2.15. The molecule has 0 aliphatic heterocycles. The fourth-order valence-electron chi connectivity index (χ4n) is 1.80. The highest BCUT2D eigenvalue weighted by molar-refractivity contribution is 5.67. The normalized spacial score (nSPS) is 13.1. The van der Waals surface area contributed by atoms with Gasteiger partial charge in [-0.3, -0.25) is 0 Å². The predicted octanol–water partition coefficient (Wildman–Crippen LogP) is 3.07. The number of carbonyl (C=O) groups excluding carboxylic acids is 1. The molecule has 2 heteroatoms. The van der Waals surface area contributed by atoms with Crippen molar-refractivity contribution in [3.05, 3.63) is 12.2 Å². The predicted molar refractivity (Wildman–Crippen MR) is 65.9 cm³/mol. The Labute approximate surface area is 99.7 Å². The van der Waals surface area contributed by atoms with Crippen LogP contribution in [0.5, 0.6) is 0 Å². The van der Waals surface area contributed by atoms with Gasteiger partial charge in [-0.05, 0) is 19.8 Å². The first-order valence-electron chi connectivity index (χ1n) is 6.54. The SMILES string of the molecule is C/C=C/CC(CCCCCCCC)C(=O)[O-]. The average molecular weight is 225 g/mol. The number of carboxylic acids is 1. The smallest absolute Gasteiger partial charge is 0.0448 e. The standard InChI is InChI=1S/C14H26O2/c1-3-5-7-8-9-10-12-13(14(15)16)11-6-4-2/h4,6,13H,3,5,7-12H2,1-2H3,(H,15,16)/p-1/b6-4+. The van der Waals surface area contributed by atoms with Crippen molar-refractivity contribution in [2.24, 2.45) is 5.92 Å². The maximum atomic E-state index is 10.8. The summed E-state index contributed by atoms with van der Waals surface area (Å²) in [6.07, 6.45) is 12.4. The highest BCUT2D eigenvalue weighted by atomic mass is 16.4. The number of allylic oxidation sites excluding steroid dienone is 2. The third-order valence-corrected chi connectivity index (χ3v) is 2.90. The van der Waals surface area contributed by atoms with Gasteiger partial charge in [0.15, 0.2) is 0 Å². The number of carbonyl (C=O) groups is 1. The Balaban J connectivity index is 3.56. The molecule has 0 aromatic rings. The van der Waals surface area contributed by atoms with Crippen LogP contribution in [-0.2, 0) is 4.79 Å². The number of rotatable bonds is 10. The third kappa shape index (κ3) is 8.51. The largest absolute Gasteiger partial charge is 0.550 e. The second-order valence-corrected chi connectivity index (χ2v) is 4.38. The first-order valence-corrected chi connectivity index (χ1v) is 6.54. The van der Waals surface area contributed by atoms with Crippen LogP contribution in [0.3, 0.4) is 0 Å². The van der Waals surface area contributed by atoms with Gasteiger partial charge in [-0.15, -0.1) is 0 Å². The van der Waals surface area contributed by atoms with Gasteiger partial charge in [-0.1, -0.05) is 57.6 Å². The summed E-state index contributed by atoms with van der Waals surface area (Å²) < 4.78 is 0. The highest BCUT2D eigenvalue weighted by Gasteiger charge is 2.07. The summed E-state index contributed by atoms with van der Waals surface area (Å²) in [4.78, 5) is 10.8. The van der Waals surface area contributed by atoms with Crippen molar-refractivity contribution >= 4 is 5.97 Å². The van der Waals surface area contributed by atoms with Gasteiger partial charge in [0, 0.05) is 11.9 Å². The maximum Gasteiger partial charge on any atom is 0.0448 e. The molecule has 0 rings (SSSR count). The van der Waals surface area contributed by atoms with Crippen LogP contribution in [0.2, 0.25) is 0 Å². The molecular weight excluding hydrogens is 200 g/mol. The van der Waals surface area contributed by atoms with E-state index in [1.54, 1.807) is 0 Å².